The number of carboxylic acids is 1. The molecule has 1 aromatic rings. The largest absolute Gasteiger partial charge is 0.481 e. The van der Waals surface area contributed by atoms with Crippen molar-refractivity contribution in [1.82, 2.24) is 8.87 Å². The first kappa shape index (κ1) is 17.5. The molecule has 2 rings (SSSR count). The van der Waals surface area contributed by atoms with E-state index >= 15 is 0 Å². The molecule has 0 saturated carbocycles. The van der Waals surface area contributed by atoms with E-state index in [1.807, 2.05) is 0 Å². The van der Waals surface area contributed by atoms with Crippen LogP contribution in [0, 0.1) is 5.92 Å². The number of hydrogen-bond acceptors (Lipinski definition) is 5. The molecule has 0 aromatic carbocycles. The number of carboxylic acid groups (broad SMARTS) is 1. The number of rotatable bonds is 5. The summed E-state index contributed by atoms with van der Waals surface area (Å²) >= 11 is 0. The van der Waals surface area contributed by atoms with Gasteiger partial charge >= 0.3 is 11.9 Å². The highest BCUT2D eigenvalue weighted by Gasteiger charge is 2.34. The summed E-state index contributed by atoms with van der Waals surface area (Å²) in [6.45, 7) is 2.08. The maximum absolute atomic E-state index is 12.7. The minimum absolute atomic E-state index is 0.0332. The van der Waals surface area contributed by atoms with Crippen LogP contribution in [0.4, 0.5) is 0 Å². The molecule has 9 heteroatoms. The second kappa shape index (κ2) is 6.71. The fourth-order valence-corrected chi connectivity index (χ4v) is 4.19. The van der Waals surface area contributed by atoms with Gasteiger partial charge in [0.2, 0.25) is 10.0 Å². The van der Waals surface area contributed by atoms with E-state index < -0.39 is 27.9 Å². The summed E-state index contributed by atoms with van der Waals surface area (Å²) in [6.07, 6.45) is 2.30. The lowest BCUT2D eigenvalue weighted by molar-refractivity contribution is -0.142. The van der Waals surface area contributed by atoms with Crippen LogP contribution in [0.2, 0.25) is 0 Å². The van der Waals surface area contributed by atoms with Crippen molar-refractivity contribution in [3.8, 4) is 0 Å². The van der Waals surface area contributed by atoms with Crippen LogP contribution in [0.1, 0.15) is 30.3 Å². The molecule has 128 valence electrons. The number of nitrogens with zero attached hydrogens (tertiary/aromatic N) is 2. The number of esters is 1. The zero-order valence-corrected chi connectivity index (χ0v) is 13.9. The van der Waals surface area contributed by atoms with Gasteiger partial charge in [-0.05, 0) is 25.8 Å². The number of hydrogen-bond donors (Lipinski definition) is 1. The Hall–Kier alpha value is -1.87. The molecule has 1 aromatic heterocycles. The number of aliphatic carboxylic acids is 1. The Morgan fingerprint density at radius 1 is 1.43 bits per heavy atom. The van der Waals surface area contributed by atoms with Gasteiger partial charge in [0.25, 0.3) is 0 Å². The summed E-state index contributed by atoms with van der Waals surface area (Å²) < 4.78 is 32.8. The summed E-state index contributed by atoms with van der Waals surface area (Å²) in [4.78, 5) is 22.9. The third-order valence-corrected chi connectivity index (χ3v) is 5.67. The molecule has 1 unspecified atom stereocenters. The quantitative estimate of drug-likeness (QED) is 0.788. The second-order valence-electron chi connectivity index (χ2n) is 5.43. The number of carbonyl (C=O) groups excluding carboxylic acids is 1. The molecule has 1 saturated heterocycles. The summed E-state index contributed by atoms with van der Waals surface area (Å²) in [7, 11) is -2.28. The lowest BCUT2D eigenvalue weighted by Gasteiger charge is -2.29. The number of aromatic nitrogens is 1. The second-order valence-corrected chi connectivity index (χ2v) is 7.37. The monoisotopic (exact) mass is 344 g/mol. The van der Waals surface area contributed by atoms with Crippen molar-refractivity contribution in [3.63, 3.8) is 0 Å². The van der Waals surface area contributed by atoms with Crippen molar-refractivity contribution in [2.24, 2.45) is 13.0 Å². The Labute approximate surface area is 134 Å². The van der Waals surface area contributed by atoms with Gasteiger partial charge in [0.1, 0.15) is 10.6 Å². The van der Waals surface area contributed by atoms with E-state index in [9.17, 15) is 18.0 Å². The van der Waals surface area contributed by atoms with E-state index in [-0.39, 0.29) is 30.3 Å². The fraction of sp³-hybridized carbons (Fsp3) is 0.571. The average molecular weight is 344 g/mol. The van der Waals surface area contributed by atoms with Crippen molar-refractivity contribution in [1.29, 1.82) is 0 Å². The predicted octanol–water partition coefficient (Wildman–Crippen LogP) is 0.687. The topological polar surface area (TPSA) is 106 Å². The molecule has 8 nitrogen and oxygen atoms in total. The van der Waals surface area contributed by atoms with E-state index in [0.717, 1.165) is 0 Å². The highest BCUT2D eigenvalue weighted by atomic mass is 32.2. The summed E-state index contributed by atoms with van der Waals surface area (Å²) in [5.74, 6) is -2.30. The van der Waals surface area contributed by atoms with Crippen molar-refractivity contribution in [2.75, 3.05) is 19.7 Å². The SMILES string of the molecule is CCOC(=O)c1cc(S(=O)(=O)N2CCCC(C(=O)O)C2)cn1C. The van der Waals surface area contributed by atoms with Gasteiger partial charge in [0, 0.05) is 26.3 Å². The normalized spacial score (nSPS) is 19.5. The first-order valence-electron chi connectivity index (χ1n) is 7.33. The minimum atomic E-state index is -3.84. The van der Waals surface area contributed by atoms with E-state index in [2.05, 4.69) is 0 Å². The molecule has 0 amide bonds. The van der Waals surface area contributed by atoms with Gasteiger partial charge in [-0.15, -0.1) is 0 Å². The molecule has 2 heterocycles. The third-order valence-electron chi connectivity index (χ3n) is 3.84. The lowest BCUT2D eigenvalue weighted by atomic mass is 10.0. The number of carbonyl (C=O) groups is 2. The minimum Gasteiger partial charge on any atom is -0.481 e. The Balaban J connectivity index is 2.28. The molecule has 0 radical (unpaired) electrons. The van der Waals surface area contributed by atoms with E-state index in [0.29, 0.717) is 12.8 Å². The van der Waals surface area contributed by atoms with Gasteiger partial charge in [-0.2, -0.15) is 4.31 Å². The maximum atomic E-state index is 12.7. The number of aryl methyl sites for hydroxylation is 1. The predicted molar refractivity (Wildman–Crippen MR) is 80.5 cm³/mol. The van der Waals surface area contributed by atoms with E-state index in [4.69, 9.17) is 9.84 Å². The number of ether oxygens (including phenoxy) is 1. The van der Waals surface area contributed by atoms with Gasteiger partial charge in [-0.25, -0.2) is 13.2 Å². The van der Waals surface area contributed by atoms with Crippen molar-refractivity contribution >= 4 is 22.0 Å². The van der Waals surface area contributed by atoms with Crippen molar-refractivity contribution in [3.05, 3.63) is 18.0 Å². The van der Waals surface area contributed by atoms with Gasteiger partial charge in [-0.1, -0.05) is 0 Å². The molecule has 1 atom stereocenters. The molecular formula is C14H20N2O6S. The molecule has 23 heavy (non-hydrogen) atoms. The molecule has 1 fully saturated rings. The highest BCUT2D eigenvalue weighted by Crippen LogP contribution is 2.25. The van der Waals surface area contributed by atoms with Crippen molar-refractivity contribution < 1.29 is 27.9 Å². The van der Waals surface area contributed by atoms with Crippen LogP contribution >= 0.6 is 0 Å². The molecule has 0 spiro atoms. The zero-order valence-electron chi connectivity index (χ0n) is 13.1. The summed E-state index contributed by atoms with van der Waals surface area (Å²) in [5.41, 5.74) is 0.136. The Kier molecular flexibility index (Phi) is 5.10. The first-order valence-corrected chi connectivity index (χ1v) is 8.77. The maximum Gasteiger partial charge on any atom is 0.354 e. The van der Waals surface area contributed by atoms with Gasteiger partial charge < -0.3 is 14.4 Å². The molecule has 1 N–H and O–H groups in total. The average Bonchev–Trinajstić information content (AvgIpc) is 2.90. The lowest BCUT2D eigenvalue weighted by Crippen LogP contribution is -2.42. The van der Waals surface area contributed by atoms with Gasteiger partial charge in [-0.3, -0.25) is 4.79 Å². The van der Waals surface area contributed by atoms with Crippen molar-refractivity contribution in [2.45, 2.75) is 24.7 Å². The standard InChI is InChI=1S/C14H20N2O6S/c1-3-22-14(19)12-7-11(9-15(12)2)23(20,21)16-6-4-5-10(8-16)13(17)18/h7,9-10H,3-6,8H2,1-2H3,(H,17,18). The zero-order chi connectivity index (χ0) is 17.2. The molecular weight excluding hydrogens is 324 g/mol. The number of sulfonamides is 1. The van der Waals surface area contributed by atoms with Crippen LogP contribution in [0.3, 0.4) is 0 Å². The Morgan fingerprint density at radius 2 is 2.13 bits per heavy atom. The molecule has 0 bridgehead atoms. The van der Waals surface area contributed by atoms with Gasteiger partial charge in [0.05, 0.1) is 12.5 Å². The van der Waals surface area contributed by atoms with Crippen LogP contribution in [0.25, 0.3) is 0 Å². The van der Waals surface area contributed by atoms with Crippen LogP contribution in [0.5, 0.6) is 0 Å². The highest BCUT2D eigenvalue weighted by molar-refractivity contribution is 7.89. The van der Waals surface area contributed by atoms with Gasteiger partial charge in [0.15, 0.2) is 0 Å². The molecule has 0 aliphatic carbocycles. The van der Waals surface area contributed by atoms with Crippen LogP contribution in [0.15, 0.2) is 17.2 Å². The fourth-order valence-electron chi connectivity index (χ4n) is 2.59. The first-order chi connectivity index (χ1) is 10.8. The Morgan fingerprint density at radius 3 is 2.74 bits per heavy atom. The van der Waals surface area contributed by atoms with Crippen LogP contribution in [-0.2, 0) is 26.6 Å². The molecule has 1 aliphatic heterocycles. The number of piperidine rings is 1. The van der Waals surface area contributed by atoms with E-state index in [1.54, 1.807) is 14.0 Å². The Bertz CT molecular complexity index is 709. The summed E-state index contributed by atoms with van der Waals surface area (Å²) in [5, 5.41) is 9.09. The summed E-state index contributed by atoms with van der Waals surface area (Å²) in [6, 6.07) is 1.26. The van der Waals surface area contributed by atoms with E-state index in [1.165, 1.54) is 21.1 Å². The molecule has 1 aliphatic rings. The smallest absolute Gasteiger partial charge is 0.354 e. The third kappa shape index (κ3) is 3.56. The van der Waals surface area contributed by atoms with Crippen LogP contribution < -0.4 is 0 Å². The van der Waals surface area contributed by atoms with Crippen LogP contribution in [-0.4, -0.2) is 54.0 Å².